The maximum atomic E-state index is 12.9. The molecule has 1 aliphatic heterocycles. The van der Waals surface area contributed by atoms with E-state index in [0.29, 0.717) is 52.4 Å². The molecular weight excluding hydrogens is 452 g/mol. The number of aromatic nitrogens is 2. The first-order valence-corrected chi connectivity index (χ1v) is 11.0. The van der Waals surface area contributed by atoms with E-state index in [1.165, 1.54) is 0 Å². The van der Waals surface area contributed by atoms with Gasteiger partial charge in [-0.3, -0.25) is 4.90 Å². The molecule has 1 aliphatic rings. The zero-order chi connectivity index (χ0) is 25.1. The molecular formula is C25H28N4O6. The molecule has 0 fully saturated rings. The van der Waals surface area contributed by atoms with Crippen LogP contribution in [0.25, 0.3) is 17.0 Å². The summed E-state index contributed by atoms with van der Waals surface area (Å²) in [5, 5.41) is 7.25. The van der Waals surface area contributed by atoms with E-state index in [0.717, 1.165) is 11.3 Å². The number of nitrogens with zero attached hydrogens (tertiary/aromatic N) is 3. The van der Waals surface area contributed by atoms with Crippen LogP contribution < -0.4 is 24.3 Å². The maximum absolute atomic E-state index is 12.9. The third-order valence-corrected chi connectivity index (χ3v) is 5.95. The Hall–Kier alpha value is -4.21. The quantitative estimate of drug-likeness (QED) is 0.509. The maximum Gasteiger partial charge on any atom is 0.322 e. The lowest BCUT2D eigenvalue weighted by atomic mass is 9.94. The van der Waals surface area contributed by atoms with E-state index in [9.17, 15) is 4.79 Å². The monoisotopic (exact) mass is 480 g/mol. The number of allylic oxidation sites excluding steroid dienone is 1. The summed E-state index contributed by atoms with van der Waals surface area (Å²) in [6, 6.07) is 10.1. The number of methoxy groups -OCH3 is 4. The minimum atomic E-state index is -0.538. The Morgan fingerprint density at radius 2 is 1.57 bits per heavy atom. The Morgan fingerprint density at radius 1 is 0.943 bits per heavy atom. The number of urea groups is 1. The Balaban J connectivity index is 1.80. The fourth-order valence-electron chi connectivity index (χ4n) is 4.15. The zero-order valence-corrected chi connectivity index (χ0v) is 20.5. The SMILES string of the molecule is CCN1C(=O)NC(c2ccc(OC)c(OC)c2)C(c2nc(-c3ccc(OC)c(OC)c3)no2)=C1C. The Labute approximate surface area is 203 Å². The molecule has 0 aliphatic carbocycles. The summed E-state index contributed by atoms with van der Waals surface area (Å²) in [6.45, 7) is 4.25. The summed E-state index contributed by atoms with van der Waals surface area (Å²) < 4.78 is 27.3. The molecule has 3 aromatic rings. The summed E-state index contributed by atoms with van der Waals surface area (Å²) in [7, 11) is 6.28. The third-order valence-electron chi connectivity index (χ3n) is 5.95. The Bertz CT molecular complexity index is 1270. The van der Waals surface area contributed by atoms with Gasteiger partial charge < -0.3 is 28.8 Å². The first kappa shape index (κ1) is 23.9. The average molecular weight is 481 g/mol. The molecule has 0 bridgehead atoms. The Morgan fingerprint density at radius 3 is 2.20 bits per heavy atom. The van der Waals surface area contributed by atoms with Crippen molar-refractivity contribution in [3.63, 3.8) is 0 Å². The van der Waals surface area contributed by atoms with Gasteiger partial charge in [-0.05, 0) is 49.7 Å². The van der Waals surface area contributed by atoms with Crippen molar-refractivity contribution in [2.45, 2.75) is 19.9 Å². The number of ether oxygens (including phenoxy) is 4. The van der Waals surface area contributed by atoms with Crippen LogP contribution >= 0.6 is 0 Å². The smallest absolute Gasteiger partial charge is 0.322 e. The number of carbonyl (C=O) groups excluding carboxylic acids is 1. The van der Waals surface area contributed by atoms with Gasteiger partial charge in [0.05, 0.1) is 40.1 Å². The van der Waals surface area contributed by atoms with Gasteiger partial charge in [-0.1, -0.05) is 11.2 Å². The highest BCUT2D eigenvalue weighted by molar-refractivity contribution is 5.87. The summed E-state index contributed by atoms with van der Waals surface area (Å²) in [5.74, 6) is 2.96. The molecule has 0 spiro atoms. The average Bonchev–Trinajstić information content (AvgIpc) is 3.37. The lowest BCUT2D eigenvalue weighted by Crippen LogP contribution is -2.45. The second kappa shape index (κ2) is 9.96. The van der Waals surface area contributed by atoms with E-state index in [1.54, 1.807) is 51.5 Å². The molecule has 1 N–H and O–H groups in total. The van der Waals surface area contributed by atoms with Crippen molar-refractivity contribution in [2.75, 3.05) is 35.0 Å². The van der Waals surface area contributed by atoms with Gasteiger partial charge in [0.1, 0.15) is 0 Å². The number of hydrogen-bond acceptors (Lipinski definition) is 8. The molecule has 2 heterocycles. The molecule has 4 rings (SSSR count). The molecule has 10 heteroatoms. The van der Waals surface area contributed by atoms with Gasteiger partial charge in [-0.25, -0.2) is 4.79 Å². The lowest BCUT2D eigenvalue weighted by Gasteiger charge is -2.34. The second-order valence-corrected chi connectivity index (χ2v) is 7.73. The van der Waals surface area contributed by atoms with Crippen LogP contribution in [0.4, 0.5) is 4.79 Å². The molecule has 10 nitrogen and oxygen atoms in total. The zero-order valence-electron chi connectivity index (χ0n) is 20.5. The highest BCUT2D eigenvalue weighted by atomic mass is 16.5. The van der Waals surface area contributed by atoms with Gasteiger partial charge in [0.15, 0.2) is 23.0 Å². The summed E-state index contributed by atoms with van der Waals surface area (Å²) in [4.78, 5) is 19.2. The standard InChI is InChI=1S/C25H28N4O6/c1-7-29-14(2)21(22(26-25(29)30)15-8-10-17(31-3)19(12-15)33-5)24-27-23(28-35-24)16-9-11-18(32-4)20(13-16)34-6/h8-13,22H,7H2,1-6H3,(H,26,30). The Kier molecular flexibility index (Phi) is 6.81. The fourth-order valence-corrected chi connectivity index (χ4v) is 4.15. The predicted molar refractivity (Wildman–Crippen MR) is 129 cm³/mol. The van der Waals surface area contributed by atoms with Crippen molar-refractivity contribution in [1.82, 2.24) is 20.4 Å². The van der Waals surface area contributed by atoms with E-state index < -0.39 is 6.04 Å². The van der Waals surface area contributed by atoms with Crippen molar-refractivity contribution in [3.05, 3.63) is 53.5 Å². The highest BCUT2D eigenvalue weighted by Gasteiger charge is 2.35. The normalized spacial score (nSPS) is 15.7. The molecule has 1 aromatic heterocycles. The molecule has 35 heavy (non-hydrogen) atoms. The van der Waals surface area contributed by atoms with Crippen LogP contribution in [0.1, 0.15) is 31.3 Å². The van der Waals surface area contributed by atoms with Crippen LogP contribution in [-0.2, 0) is 0 Å². The largest absolute Gasteiger partial charge is 0.493 e. The minimum absolute atomic E-state index is 0.215. The van der Waals surface area contributed by atoms with Crippen LogP contribution in [-0.4, -0.2) is 56.1 Å². The summed E-state index contributed by atoms with van der Waals surface area (Å²) in [5.41, 5.74) is 2.90. The van der Waals surface area contributed by atoms with Crippen LogP contribution in [0.2, 0.25) is 0 Å². The van der Waals surface area contributed by atoms with Crippen molar-refractivity contribution in [2.24, 2.45) is 0 Å². The van der Waals surface area contributed by atoms with E-state index in [2.05, 4.69) is 15.5 Å². The van der Waals surface area contributed by atoms with Crippen LogP contribution in [0, 0.1) is 0 Å². The molecule has 1 atom stereocenters. The number of benzene rings is 2. The van der Waals surface area contributed by atoms with Crippen molar-refractivity contribution in [1.29, 1.82) is 0 Å². The molecule has 0 saturated carbocycles. The van der Waals surface area contributed by atoms with Gasteiger partial charge in [-0.15, -0.1) is 0 Å². The number of nitrogens with one attached hydrogen (secondary N) is 1. The van der Waals surface area contributed by atoms with E-state index in [-0.39, 0.29) is 6.03 Å². The number of carbonyl (C=O) groups is 1. The third kappa shape index (κ3) is 4.34. The molecule has 0 radical (unpaired) electrons. The fraction of sp³-hybridized carbons (Fsp3) is 0.320. The van der Waals surface area contributed by atoms with Crippen molar-refractivity contribution >= 4 is 11.6 Å². The summed E-state index contributed by atoms with van der Waals surface area (Å²) >= 11 is 0. The molecule has 184 valence electrons. The minimum Gasteiger partial charge on any atom is -0.493 e. The van der Waals surface area contributed by atoms with Gasteiger partial charge in [0, 0.05) is 17.8 Å². The molecule has 2 amide bonds. The van der Waals surface area contributed by atoms with Gasteiger partial charge in [0.2, 0.25) is 5.82 Å². The van der Waals surface area contributed by atoms with Crippen LogP contribution in [0.15, 0.2) is 46.6 Å². The number of hydrogen-bond donors (Lipinski definition) is 1. The predicted octanol–water partition coefficient (Wildman–Crippen LogP) is 4.29. The van der Waals surface area contributed by atoms with Crippen LogP contribution in [0.3, 0.4) is 0 Å². The van der Waals surface area contributed by atoms with E-state index in [4.69, 9.17) is 23.5 Å². The molecule has 0 saturated heterocycles. The molecule has 1 unspecified atom stereocenters. The topological polar surface area (TPSA) is 108 Å². The summed E-state index contributed by atoms with van der Waals surface area (Å²) in [6.07, 6.45) is 0. The first-order valence-electron chi connectivity index (χ1n) is 11.0. The van der Waals surface area contributed by atoms with Gasteiger partial charge >= 0.3 is 6.03 Å². The number of rotatable bonds is 8. The molecule has 2 aromatic carbocycles. The number of amides is 2. The van der Waals surface area contributed by atoms with E-state index in [1.807, 2.05) is 32.0 Å². The van der Waals surface area contributed by atoms with E-state index >= 15 is 0 Å². The van der Waals surface area contributed by atoms with Gasteiger partial charge in [0.25, 0.3) is 5.89 Å². The van der Waals surface area contributed by atoms with Crippen molar-refractivity contribution in [3.8, 4) is 34.4 Å². The second-order valence-electron chi connectivity index (χ2n) is 7.73. The highest BCUT2D eigenvalue weighted by Crippen LogP contribution is 2.40. The lowest BCUT2D eigenvalue weighted by molar-refractivity contribution is 0.207. The van der Waals surface area contributed by atoms with Gasteiger partial charge in [-0.2, -0.15) is 4.98 Å². The van der Waals surface area contributed by atoms with Crippen molar-refractivity contribution < 1.29 is 28.3 Å². The van der Waals surface area contributed by atoms with Crippen LogP contribution in [0.5, 0.6) is 23.0 Å². The first-order chi connectivity index (χ1) is 16.9.